The number of nitrogens with two attached hydrogens (primary N) is 1. The van der Waals surface area contributed by atoms with Crippen molar-refractivity contribution in [1.29, 1.82) is 0 Å². The Morgan fingerprint density at radius 3 is 2.79 bits per heavy atom. The maximum Gasteiger partial charge on any atom is 0.134 e. The smallest absolute Gasteiger partial charge is 0.134 e. The third-order valence-electron chi connectivity index (χ3n) is 3.71. The SMILES string of the molecule is CCCC(C)C(NN)c1oc2ccc(F)cc2c1C. The van der Waals surface area contributed by atoms with Crippen LogP contribution in [0.3, 0.4) is 0 Å². The summed E-state index contributed by atoms with van der Waals surface area (Å²) in [6.45, 7) is 6.23. The first-order valence-corrected chi connectivity index (χ1v) is 6.73. The van der Waals surface area contributed by atoms with E-state index in [1.807, 2.05) is 6.92 Å². The van der Waals surface area contributed by atoms with Crippen LogP contribution < -0.4 is 11.3 Å². The Morgan fingerprint density at radius 2 is 2.16 bits per heavy atom. The summed E-state index contributed by atoms with van der Waals surface area (Å²) in [7, 11) is 0. The normalized spacial score (nSPS) is 14.8. The van der Waals surface area contributed by atoms with E-state index in [9.17, 15) is 4.39 Å². The van der Waals surface area contributed by atoms with Crippen molar-refractivity contribution >= 4 is 11.0 Å². The lowest BCUT2D eigenvalue weighted by Gasteiger charge is -2.21. The predicted molar refractivity (Wildman–Crippen MR) is 75.0 cm³/mol. The summed E-state index contributed by atoms with van der Waals surface area (Å²) < 4.78 is 19.2. The highest BCUT2D eigenvalue weighted by molar-refractivity contribution is 5.82. The van der Waals surface area contributed by atoms with E-state index in [0.717, 1.165) is 29.6 Å². The molecule has 1 heterocycles. The Hall–Kier alpha value is -1.39. The van der Waals surface area contributed by atoms with E-state index in [-0.39, 0.29) is 11.9 Å². The number of rotatable bonds is 5. The Bertz CT molecular complexity index is 565. The number of aryl methyl sites for hydroxylation is 1. The molecule has 0 aliphatic rings. The largest absolute Gasteiger partial charge is 0.459 e. The van der Waals surface area contributed by atoms with E-state index in [4.69, 9.17) is 10.3 Å². The van der Waals surface area contributed by atoms with Gasteiger partial charge in [0.2, 0.25) is 0 Å². The summed E-state index contributed by atoms with van der Waals surface area (Å²) in [6, 6.07) is 4.54. The van der Waals surface area contributed by atoms with Gasteiger partial charge >= 0.3 is 0 Å². The first-order chi connectivity index (χ1) is 9.08. The first-order valence-electron chi connectivity index (χ1n) is 6.73. The van der Waals surface area contributed by atoms with Crippen molar-refractivity contribution in [2.45, 2.75) is 39.7 Å². The molecule has 2 unspecified atom stereocenters. The van der Waals surface area contributed by atoms with Crippen LogP contribution in [-0.2, 0) is 0 Å². The summed E-state index contributed by atoms with van der Waals surface area (Å²) in [4.78, 5) is 0. The summed E-state index contributed by atoms with van der Waals surface area (Å²) in [5, 5.41) is 0.818. The van der Waals surface area contributed by atoms with Crippen molar-refractivity contribution in [1.82, 2.24) is 5.43 Å². The number of fused-ring (bicyclic) bond motifs is 1. The number of furan rings is 1. The van der Waals surface area contributed by atoms with E-state index in [0.29, 0.717) is 11.5 Å². The highest BCUT2D eigenvalue weighted by Gasteiger charge is 2.24. The van der Waals surface area contributed by atoms with Crippen LogP contribution >= 0.6 is 0 Å². The number of halogens is 1. The Kier molecular flexibility index (Phi) is 4.22. The molecule has 2 atom stereocenters. The molecule has 2 rings (SSSR count). The molecule has 3 N–H and O–H groups in total. The summed E-state index contributed by atoms with van der Waals surface area (Å²) in [5.74, 6) is 6.59. The molecule has 104 valence electrons. The zero-order valence-electron chi connectivity index (χ0n) is 11.7. The molecule has 0 saturated carbocycles. The second-order valence-electron chi connectivity index (χ2n) is 5.14. The third kappa shape index (κ3) is 2.65. The summed E-state index contributed by atoms with van der Waals surface area (Å²) in [5.41, 5.74) is 4.50. The minimum Gasteiger partial charge on any atom is -0.459 e. The van der Waals surface area contributed by atoms with E-state index in [2.05, 4.69) is 19.3 Å². The fraction of sp³-hybridized carbons (Fsp3) is 0.467. The maximum absolute atomic E-state index is 13.3. The van der Waals surface area contributed by atoms with Gasteiger partial charge in [-0.2, -0.15) is 0 Å². The van der Waals surface area contributed by atoms with Crippen molar-refractivity contribution < 1.29 is 8.81 Å². The van der Waals surface area contributed by atoms with Crippen molar-refractivity contribution in [2.24, 2.45) is 11.8 Å². The molecule has 1 aromatic heterocycles. The van der Waals surface area contributed by atoms with E-state index in [1.54, 1.807) is 6.07 Å². The van der Waals surface area contributed by atoms with Crippen LogP contribution in [0, 0.1) is 18.7 Å². The Balaban J connectivity index is 2.46. The zero-order chi connectivity index (χ0) is 14.0. The number of hydrazine groups is 1. The lowest BCUT2D eigenvalue weighted by Crippen LogP contribution is -2.32. The van der Waals surface area contributed by atoms with Gasteiger partial charge in [-0.05, 0) is 37.5 Å². The number of hydrogen-bond donors (Lipinski definition) is 2. The monoisotopic (exact) mass is 264 g/mol. The molecular weight excluding hydrogens is 243 g/mol. The van der Waals surface area contributed by atoms with Crippen molar-refractivity contribution in [3.05, 3.63) is 35.3 Å². The predicted octanol–water partition coefficient (Wildman–Crippen LogP) is 3.82. The van der Waals surface area contributed by atoms with E-state index < -0.39 is 0 Å². The van der Waals surface area contributed by atoms with Crippen molar-refractivity contribution in [3.63, 3.8) is 0 Å². The molecule has 1 aromatic carbocycles. The van der Waals surface area contributed by atoms with Gasteiger partial charge in [0.15, 0.2) is 0 Å². The molecule has 0 fully saturated rings. The molecule has 0 radical (unpaired) electrons. The molecule has 2 aromatic rings. The van der Waals surface area contributed by atoms with E-state index in [1.165, 1.54) is 12.1 Å². The van der Waals surface area contributed by atoms with Gasteiger partial charge in [0, 0.05) is 10.9 Å². The third-order valence-corrected chi connectivity index (χ3v) is 3.71. The minimum absolute atomic E-state index is 0.0459. The molecule has 19 heavy (non-hydrogen) atoms. The Labute approximate surface area is 112 Å². The highest BCUT2D eigenvalue weighted by atomic mass is 19.1. The first kappa shape index (κ1) is 14.0. The standard InChI is InChI=1S/C15H21FN2O/c1-4-5-9(2)14(18-17)15-10(3)12-8-11(16)6-7-13(12)19-15/h6-9,14,18H,4-5,17H2,1-3H3. The second kappa shape index (κ2) is 5.72. The fourth-order valence-corrected chi connectivity index (χ4v) is 2.63. The van der Waals surface area contributed by atoms with Crippen LogP contribution in [0.4, 0.5) is 4.39 Å². The maximum atomic E-state index is 13.3. The van der Waals surface area contributed by atoms with Gasteiger partial charge in [-0.15, -0.1) is 0 Å². The fourth-order valence-electron chi connectivity index (χ4n) is 2.63. The minimum atomic E-state index is -0.248. The zero-order valence-corrected chi connectivity index (χ0v) is 11.7. The van der Waals surface area contributed by atoms with Gasteiger partial charge in [-0.1, -0.05) is 20.3 Å². The van der Waals surface area contributed by atoms with Gasteiger partial charge < -0.3 is 4.42 Å². The summed E-state index contributed by atoms with van der Waals surface area (Å²) >= 11 is 0. The van der Waals surface area contributed by atoms with Crippen molar-refractivity contribution in [2.75, 3.05) is 0 Å². The van der Waals surface area contributed by atoms with Gasteiger partial charge in [0.05, 0.1) is 6.04 Å². The molecule has 0 spiro atoms. The van der Waals surface area contributed by atoms with Crippen LogP contribution in [0.25, 0.3) is 11.0 Å². The van der Waals surface area contributed by atoms with Crippen LogP contribution in [0.2, 0.25) is 0 Å². The number of nitrogens with one attached hydrogen (secondary N) is 1. The lowest BCUT2D eigenvalue weighted by atomic mass is 9.93. The number of benzene rings is 1. The molecule has 0 amide bonds. The van der Waals surface area contributed by atoms with Crippen LogP contribution in [-0.4, -0.2) is 0 Å². The van der Waals surface area contributed by atoms with Crippen LogP contribution in [0.15, 0.2) is 22.6 Å². The molecule has 0 saturated heterocycles. The molecule has 0 aliphatic carbocycles. The van der Waals surface area contributed by atoms with Crippen LogP contribution in [0.1, 0.15) is 44.1 Å². The average molecular weight is 264 g/mol. The van der Waals surface area contributed by atoms with Gasteiger partial charge in [0.25, 0.3) is 0 Å². The molecule has 3 nitrogen and oxygen atoms in total. The number of hydrogen-bond acceptors (Lipinski definition) is 3. The second-order valence-corrected chi connectivity index (χ2v) is 5.14. The lowest BCUT2D eigenvalue weighted by molar-refractivity contribution is 0.319. The van der Waals surface area contributed by atoms with E-state index >= 15 is 0 Å². The van der Waals surface area contributed by atoms with Gasteiger partial charge in [-0.3, -0.25) is 5.84 Å². The van der Waals surface area contributed by atoms with Crippen LogP contribution in [0.5, 0.6) is 0 Å². The van der Waals surface area contributed by atoms with Gasteiger partial charge in [0.1, 0.15) is 17.2 Å². The molecule has 0 aliphatic heterocycles. The van der Waals surface area contributed by atoms with Crippen molar-refractivity contribution in [3.8, 4) is 0 Å². The topological polar surface area (TPSA) is 51.2 Å². The summed E-state index contributed by atoms with van der Waals surface area (Å²) in [6.07, 6.45) is 2.15. The average Bonchev–Trinajstić information content (AvgIpc) is 2.69. The highest BCUT2D eigenvalue weighted by Crippen LogP contribution is 2.34. The molecule has 0 bridgehead atoms. The molecular formula is C15H21FN2O. The quantitative estimate of drug-likeness (QED) is 0.637. The Morgan fingerprint density at radius 1 is 1.42 bits per heavy atom. The molecule has 4 heteroatoms. The van der Waals surface area contributed by atoms with Gasteiger partial charge in [-0.25, -0.2) is 9.82 Å².